The Morgan fingerprint density at radius 2 is 1.78 bits per heavy atom. The van der Waals surface area contributed by atoms with Gasteiger partial charge in [-0.3, -0.25) is 4.79 Å². The summed E-state index contributed by atoms with van der Waals surface area (Å²) >= 11 is 0. The zero-order chi connectivity index (χ0) is 23.4. The molecule has 1 amide bonds. The number of benzene rings is 2. The van der Waals surface area contributed by atoms with Crippen LogP contribution in [-0.2, 0) is 21.4 Å². The molecule has 0 aromatic heterocycles. The van der Waals surface area contributed by atoms with Crippen molar-refractivity contribution in [2.75, 3.05) is 34.4 Å². The van der Waals surface area contributed by atoms with Gasteiger partial charge in [-0.2, -0.15) is 4.31 Å². The Labute approximate surface area is 189 Å². The van der Waals surface area contributed by atoms with Gasteiger partial charge in [-0.1, -0.05) is 12.1 Å². The van der Waals surface area contributed by atoms with Crippen LogP contribution >= 0.6 is 0 Å². The summed E-state index contributed by atoms with van der Waals surface area (Å²) in [6, 6.07) is 12.1. The molecule has 0 spiro atoms. The van der Waals surface area contributed by atoms with E-state index in [2.05, 4.69) is 5.32 Å². The highest BCUT2D eigenvalue weighted by Gasteiger charge is 2.42. The first kappa shape index (κ1) is 23.9. The molecule has 8 nitrogen and oxygen atoms in total. The van der Waals surface area contributed by atoms with Gasteiger partial charge in [-0.15, -0.1) is 0 Å². The van der Waals surface area contributed by atoms with E-state index in [1.54, 1.807) is 26.2 Å². The van der Waals surface area contributed by atoms with Crippen LogP contribution in [0.5, 0.6) is 17.2 Å². The summed E-state index contributed by atoms with van der Waals surface area (Å²) in [5.41, 5.74) is 0.0544. The predicted molar refractivity (Wildman–Crippen MR) is 120 cm³/mol. The van der Waals surface area contributed by atoms with Crippen molar-refractivity contribution < 1.29 is 27.4 Å². The van der Waals surface area contributed by atoms with Crippen molar-refractivity contribution >= 4 is 15.9 Å². The molecular weight excluding hydrogens is 432 g/mol. The minimum atomic E-state index is -3.89. The van der Waals surface area contributed by atoms with Crippen LogP contribution in [0.4, 0.5) is 0 Å². The van der Waals surface area contributed by atoms with E-state index in [1.807, 2.05) is 24.3 Å². The number of sulfonamides is 1. The van der Waals surface area contributed by atoms with E-state index in [0.29, 0.717) is 37.4 Å². The van der Waals surface area contributed by atoms with E-state index in [4.69, 9.17) is 14.2 Å². The zero-order valence-electron chi connectivity index (χ0n) is 18.9. The molecule has 1 aliphatic rings. The Morgan fingerprint density at radius 1 is 1.06 bits per heavy atom. The van der Waals surface area contributed by atoms with Gasteiger partial charge in [0, 0.05) is 25.7 Å². The molecule has 9 heteroatoms. The lowest BCUT2D eigenvalue weighted by atomic mass is 9.82. The topological polar surface area (TPSA) is 94.2 Å². The van der Waals surface area contributed by atoms with Crippen LogP contribution < -0.4 is 19.5 Å². The second-order valence-electron chi connectivity index (χ2n) is 8.05. The minimum Gasteiger partial charge on any atom is -0.497 e. The third-order valence-electron chi connectivity index (χ3n) is 5.79. The number of methoxy groups -OCH3 is 3. The molecule has 174 valence electrons. The summed E-state index contributed by atoms with van der Waals surface area (Å²) in [6.07, 6.45) is 1.17. The molecule has 1 atom stereocenters. The average molecular weight is 463 g/mol. The normalized spacial score (nSPS) is 19.2. The van der Waals surface area contributed by atoms with Crippen molar-refractivity contribution in [2.45, 2.75) is 31.2 Å². The molecule has 1 fully saturated rings. The highest BCUT2D eigenvalue weighted by atomic mass is 32.2. The number of nitrogens with zero attached hydrogens (tertiary/aromatic N) is 1. The Morgan fingerprint density at radius 3 is 2.47 bits per heavy atom. The minimum absolute atomic E-state index is 0.0281. The van der Waals surface area contributed by atoms with Crippen LogP contribution in [0.1, 0.15) is 25.3 Å². The lowest BCUT2D eigenvalue weighted by Crippen LogP contribution is -2.51. The Hall–Kier alpha value is -2.78. The summed E-state index contributed by atoms with van der Waals surface area (Å²) in [5.74, 6) is 1.18. The number of nitrogens with one attached hydrogen (secondary N) is 1. The number of carbonyl (C=O) groups excluding carboxylic acids is 1. The average Bonchev–Trinajstić information content (AvgIpc) is 2.82. The molecule has 2 aromatic rings. The molecule has 1 N–H and O–H groups in total. The van der Waals surface area contributed by atoms with Gasteiger partial charge in [0.25, 0.3) is 0 Å². The molecule has 0 unspecified atom stereocenters. The smallest absolute Gasteiger partial charge is 0.246 e. The van der Waals surface area contributed by atoms with Crippen molar-refractivity contribution in [3.05, 3.63) is 48.0 Å². The number of hydrogen-bond acceptors (Lipinski definition) is 6. The SMILES string of the molecule is COc1cccc(CNC(=O)[C@]2(C)CCCN(S(=O)(=O)c3cc(OC)ccc3OC)C2)c1. The number of ether oxygens (including phenoxy) is 3. The highest BCUT2D eigenvalue weighted by molar-refractivity contribution is 7.89. The molecule has 2 aromatic carbocycles. The fourth-order valence-electron chi connectivity index (χ4n) is 3.89. The second-order valence-corrected chi connectivity index (χ2v) is 9.96. The van der Waals surface area contributed by atoms with E-state index in [0.717, 1.165) is 5.56 Å². The Bertz CT molecular complexity index is 1070. The van der Waals surface area contributed by atoms with Gasteiger partial charge in [-0.05, 0) is 49.6 Å². The number of carbonyl (C=O) groups is 1. The van der Waals surface area contributed by atoms with Gasteiger partial charge in [0.15, 0.2) is 0 Å². The van der Waals surface area contributed by atoms with Gasteiger partial charge in [0.05, 0.1) is 26.7 Å². The monoisotopic (exact) mass is 462 g/mol. The molecule has 1 aliphatic heterocycles. The molecule has 32 heavy (non-hydrogen) atoms. The lowest BCUT2D eigenvalue weighted by Gasteiger charge is -2.38. The molecule has 1 heterocycles. The number of rotatable bonds is 8. The largest absolute Gasteiger partial charge is 0.497 e. The second kappa shape index (κ2) is 9.79. The molecular formula is C23H30N2O6S. The third kappa shape index (κ3) is 4.99. The van der Waals surface area contributed by atoms with Gasteiger partial charge < -0.3 is 19.5 Å². The highest BCUT2D eigenvalue weighted by Crippen LogP contribution is 2.36. The number of piperidine rings is 1. The van der Waals surface area contributed by atoms with E-state index in [9.17, 15) is 13.2 Å². The first-order chi connectivity index (χ1) is 15.2. The summed E-state index contributed by atoms with van der Waals surface area (Å²) in [7, 11) is 0.603. The number of amides is 1. The van der Waals surface area contributed by atoms with Crippen LogP contribution in [0.3, 0.4) is 0 Å². The predicted octanol–water partition coefficient (Wildman–Crippen LogP) is 2.82. The van der Waals surface area contributed by atoms with E-state index < -0.39 is 15.4 Å². The van der Waals surface area contributed by atoms with Gasteiger partial charge in [0.2, 0.25) is 15.9 Å². The van der Waals surface area contributed by atoms with Crippen LogP contribution in [0.15, 0.2) is 47.4 Å². The molecule has 0 radical (unpaired) electrons. The summed E-state index contributed by atoms with van der Waals surface area (Å²) in [6.45, 7) is 2.56. The maximum absolute atomic E-state index is 13.4. The zero-order valence-corrected chi connectivity index (χ0v) is 19.7. The fourth-order valence-corrected chi connectivity index (χ4v) is 5.66. The Balaban J connectivity index is 1.78. The van der Waals surface area contributed by atoms with Crippen LogP contribution in [-0.4, -0.2) is 53.0 Å². The first-order valence-corrected chi connectivity index (χ1v) is 11.8. The lowest BCUT2D eigenvalue weighted by molar-refractivity contribution is -0.132. The van der Waals surface area contributed by atoms with E-state index in [1.165, 1.54) is 24.6 Å². The van der Waals surface area contributed by atoms with Crippen molar-refractivity contribution in [3.63, 3.8) is 0 Å². The molecule has 1 saturated heterocycles. The van der Waals surface area contributed by atoms with Crippen molar-refractivity contribution in [3.8, 4) is 17.2 Å². The maximum Gasteiger partial charge on any atom is 0.246 e. The molecule has 0 bridgehead atoms. The van der Waals surface area contributed by atoms with Crippen molar-refractivity contribution in [1.29, 1.82) is 0 Å². The van der Waals surface area contributed by atoms with Crippen LogP contribution in [0, 0.1) is 5.41 Å². The van der Waals surface area contributed by atoms with E-state index >= 15 is 0 Å². The Kier molecular flexibility index (Phi) is 7.30. The summed E-state index contributed by atoms with van der Waals surface area (Å²) in [5, 5.41) is 2.95. The quantitative estimate of drug-likeness (QED) is 0.648. The van der Waals surface area contributed by atoms with Crippen molar-refractivity contribution in [2.24, 2.45) is 5.41 Å². The standard InChI is InChI=1S/C23H30N2O6S/c1-23(22(26)24-15-17-7-5-8-18(13-17)29-2)11-6-12-25(16-23)32(27,28)21-14-19(30-3)9-10-20(21)31-4/h5,7-10,13-14H,6,11-12,15-16H2,1-4H3,(H,24,26)/t23-/m1/s1. The van der Waals surface area contributed by atoms with Crippen LogP contribution in [0.25, 0.3) is 0 Å². The molecule has 0 saturated carbocycles. The number of hydrogen-bond donors (Lipinski definition) is 1. The molecule has 3 rings (SSSR count). The van der Waals surface area contributed by atoms with Crippen LogP contribution in [0.2, 0.25) is 0 Å². The third-order valence-corrected chi connectivity index (χ3v) is 7.65. The van der Waals surface area contributed by atoms with Gasteiger partial charge >= 0.3 is 0 Å². The van der Waals surface area contributed by atoms with Gasteiger partial charge in [0.1, 0.15) is 22.1 Å². The van der Waals surface area contributed by atoms with Gasteiger partial charge in [-0.25, -0.2) is 8.42 Å². The maximum atomic E-state index is 13.4. The van der Waals surface area contributed by atoms with Crippen molar-refractivity contribution in [1.82, 2.24) is 9.62 Å². The molecule has 0 aliphatic carbocycles. The first-order valence-electron chi connectivity index (χ1n) is 10.4. The summed E-state index contributed by atoms with van der Waals surface area (Å²) < 4.78 is 43.9. The van der Waals surface area contributed by atoms with E-state index in [-0.39, 0.29) is 23.1 Å². The summed E-state index contributed by atoms with van der Waals surface area (Å²) in [4.78, 5) is 13.1. The fraction of sp³-hybridized carbons (Fsp3) is 0.435.